The fourth-order valence-corrected chi connectivity index (χ4v) is 5.22. The van der Waals surface area contributed by atoms with E-state index in [4.69, 9.17) is 26.3 Å². The molecule has 190 valence electrons. The van der Waals surface area contributed by atoms with Gasteiger partial charge in [-0.15, -0.1) is 0 Å². The van der Waals surface area contributed by atoms with Crippen LogP contribution in [0.25, 0.3) is 33.8 Å². The summed E-state index contributed by atoms with van der Waals surface area (Å²) in [6, 6.07) is 3.42. The van der Waals surface area contributed by atoms with Crippen molar-refractivity contribution < 1.29 is 13.7 Å². The molecule has 5 rings (SSSR count). The van der Waals surface area contributed by atoms with E-state index in [9.17, 15) is 4.79 Å². The minimum absolute atomic E-state index is 0.149. The maximum absolute atomic E-state index is 16.0. The molecule has 0 saturated heterocycles. The summed E-state index contributed by atoms with van der Waals surface area (Å²) >= 11 is 6.27. The Labute approximate surface area is 212 Å². The summed E-state index contributed by atoms with van der Waals surface area (Å²) in [5.41, 5.74) is 0.815. The van der Waals surface area contributed by atoms with E-state index in [0.29, 0.717) is 51.4 Å². The Morgan fingerprint density at radius 1 is 1.25 bits per heavy atom. The van der Waals surface area contributed by atoms with Gasteiger partial charge >= 0.3 is 5.76 Å². The van der Waals surface area contributed by atoms with E-state index in [1.807, 2.05) is 4.57 Å². The highest BCUT2D eigenvalue weighted by Gasteiger charge is 2.35. The van der Waals surface area contributed by atoms with E-state index in [0.717, 1.165) is 25.7 Å². The molecule has 0 bridgehead atoms. The van der Waals surface area contributed by atoms with E-state index in [2.05, 4.69) is 26.6 Å². The summed E-state index contributed by atoms with van der Waals surface area (Å²) < 4.78 is 27.9. The number of pyridine rings is 2. The maximum Gasteiger partial charge on any atom is 0.439 e. The van der Waals surface area contributed by atoms with Crippen LogP contribution in [0.15, 0.2) is 33.8 Å². The van der Waals surface area contributed by atoms with Gasteiger partial charge in [-0.2, -0.15) is 0 Å². The number of imidazole rings is 1. The summed E-state index contributed by atoms with van der Waals surface area (Å²) in [4.78, 5) is 27.9. The van der Waals surface area contributed by atoms with Gasteiger partial charge in [-0.3, -0.25) is 14.5 Å². The first kappa shape index (κ1) is 24.6. The number of hydrogen-bond acceptors (Lipinski definition) is 7. The molecule has 0 spiro atoms. The Balaban J connectivity index is 1.76. The van der Waals surface area contributed by atoms with Gasteiger partial charge < -0.3 is 9.30 Å². The van der Waals surface area contributed by atoms with Gasteiger partial charge in [0, 0.05) is 31.6 Å². The van der Waals surface area contributed by atoms with Gasteiger partial charge in [0.05, 0.1) is 28.4 Å². The van der Waals surface area contributed by atoms with Crippen LogP contribution in [0.2, 0.25) is 5.02 Å². The van der Waals surface area contributed by atoms with Crippen molar-refractivity contribution in [1.82, 2.24) is 29.7 Å². The molecule has 0 aromatic carbocycles. The number of nitrogens with one attached hydrogen (secondary N) is 1. The van der Waals surface area contributed by atoms with Crippen molar-refractivity contribution in [3.63, 3.8) is 0 Å². The maximum atomic E-state index is 16.0. The smallest absolute Gasteiger partial charge is 0.381 e. The molecule has 1 atom stereocenters. The molecule has 4 aromatic rings. The molecular formula is C25H28ClFN6O3. The van der Waals surface area contributed by atoms with Crippen LogP contribution in [0.4, 0.5) is 4.39 Å². The Bertz CT molecular complexity index is 1440. The number of H-pyrrole nitrogens is 1. The lowest BCUT2D eigenvalue weighted by atomic mass is 9.83. The first-order valence-electron chi connectivity index (χ1n) is 12.0. The number of methoxy groups -OCH3 is 1. The number of fused-ring (bicyclic) bond motifs is 1. The fourth-order valence-electron chi connectivity index (χ4n) is 5.04. The topological polar surface area (TPSA) is 112 Å². The van der Waals surface area contributed by atoms with Crippen molar-refractivity contribution in [3.8, 4) is 22.8 Å². The molecule has 1 fully saturated rings. The lowest BCUT2D eigenvalue weighted by Gasteiger charge is -2.29. The third kappa shape index (κ3) is 4.79. The highest BCUT2D eigenvalue weighted by molar-refractivity contribution is 6.30. The van der Waals surface area contributed by atoms with Crippen LogP contribution in [-0.4, -0.2) is 43.4 Å². The summed E-state index contributed by atoms with van der Waals surface area (Å²) in [5.74, 6) is 0.791. The zero-order valence-corrected chi connectivity index (χ0v) is 21.2. The van der Waals surface area contributed by atoms with Gasteiger partial charge in [0.1, 0.15) is 11.5 Å². The lowest BCUT2D eigenvalue weighted by Crippen LogP contribution is -2.28. The number of aromatic amines is 1. The highest BCUT2D eigenvalue weighted by atomic mass is 35.5. The third-order valence-corrected chi connectivity index (χ3v) is 7.05. The molecule has 0 aliphatic heterocycles. The van der Waals surface area contributed by atoms with E-state index in [1.165, 1.54) is 20.2 Å². The zero-order chi connectivity index (χ0) is 25.4. The lowest BCUT2D eigenvalue weighted by molar-refractivity contribution is 0.0429. The Kier molecular flexibility index (Phi) is 6.65. The number of rotatable bonds is 7. The average molecular weight is 515 g/mol. The predicted molar refractivity (Wildman–Crippen MR) is 133 cm³/mol. The van der Waals surface area contributed by atoms with Crippen molar-refractivity contribution in [1.29, 1.82) is 0 Å². The summed E-state index contributed by atoms with van der Waals surface area (Å²) in [6.45, 7) is 4.20. The quantitative estimate of drug-likeness (QED) is 0.363. The van der Waals surface area contributed by atoms with Gasteiger partial charge in [0.2, 0.25) is 5.82 Å². The van der Waals surface area contributed by atoms with Gasteiger partial charge in [0.25, 0.3) is 0 Å². The van der Waals surface area contributed by atoms with Crippen LogP contribution < -0.4 is 5.76 Å². The first-order chi connectivity index (χ1) is 17.2. The molecule has 9 nitrogen and oxygen atoms in total. The average Bonchev–Trinajstić information content (AvgIpc) is 3.44. The van der Waals surface area contributed by atoms with Gasteiger partial charge in [-0.05, 0) is 43.7 Å². The second-order valence-corrected chi connectivity index (χ2v) is 10.3. The van der Waals surface area contributed by atoms with E-state index < -0.39 is 11.4 Å². The fraction of sp³-hybridized carbons (Fsp3) is 0.480. The summed E-state index contributed by atoms with van der Waals surface area (Å²) in [7, 11) is 1.47. The molecule has 1 saturated carbocycles. The third-order valence-electron chi connectivity index (χ3n) is 6.84. The largest absolute Gasteiger partial charge is 0.439 e. The molecule has 4 aromatic heterocycles. The molecule has 0 radical (unpaired) electrons. The van der Waals surface area contributed by atoms with E-state index >= 15 is 4.39 Å². The van der Waals surface area contributed by atoms with Crippen LogP contribution in [0.3, 0.4) is 0 Å². The molecular weight excluding hydrogens is 487 g/mol. The molecule has 36 heavy (non-hydrogen) atoms. The summed E-state index contributed by atoms with van der Waals surface area (Å²) in [6.07, 6.45) is 7.59. The van der Waals surface area contributed by atoms with Crippen LogP contribution in [0.1, 0.15) is 45.4 Å². The van der Waals surface area contributed by atoms with Gasteiger partial charge in [0.15, 0.2) is 5.67 Å². The van der Waals surface area contributed by atoms with Gasteiger partial charge in [-0.25, -0.2) is 19.2 Å². The van der Waals surface area contributed by atoms with Crippen LogP contribution >= 0.6 is 11.6 Å². The van der Waals surface area contributed by atoms with Crippen LogP contribution in [0.5, 0.6) is 0 Å². The van der Waals surface area contributed by atoms with Gasteiger partial charge in [-0.1, -0.05) is 36.5 Å². The molecule has 4 heterocycles. The zero-order valence-electron chi connectivity index (χ0n) is 20.4. The van der Waals surface area contributed by atoms with Crippen molar-refractivity contribution >= 4 is 22.6 Å². The number of aromatic nitrogens is 6. The number of hydrogen-bond donors (Lipinski definition) is 1. The number of ether oxygens (including phenoxy) is 1. The molecule has 1 aliphatic carbocycles. The van der Waals surface area contributed by atoms with E-state index in [-0.39, 0.29) is 18.3 Å². The molecule has 0 amide bonds. The standard InChI is InChI=1S/C25H28ClFN6O3/c1-14-4-6-15(7-5-14)12-33-21-18(30-23(33)25(2,27)13-35-3)9-19(22-31-24(34)36-32-22)29-20(21)16-8-17(26)11-28-10-16/h8-11,14-15H,4-7,12-13H2,1-3H3,(H,31,32,34)/t14-,15-,25?. The minimum atomic E-state index is -1.85. The first-order valence-corrected chi connectivity index (χ1v) is 12.4. The van der Waals surface area contributed by atoms with E-state index in [1.54, 1.807) is 18.3 Å². The second kappa shape index (κ2) is 9.74. The SMILES string of the molecule is COCC(C)(F)c1nc2cc(-c3noc(=O)[nH]3)nc(-c3cncc(Cl)c3)c2n1C[C@H]1CC[C@H](C)CC1. The normalized spacial score (nSPS) is 20.0. The number of alkyl halides is 1. The second-order valence-electron chi connectivity index (χ2n) is 9.86. The molecule has 1 unspecified atom stereocenters. The molecule has 11 heteroatoms. The number of halogens is 2. The predicted octanol–water partition coefficient (Wildman–Crippen LogP) is 5.15. The number of nitrogens with zero attached hydrogens (tertiary/aromatic N) is 5. The Morgan fingerprint density at radius 2 is 2.03 bits per heavy atom. The molecule has 1 N–H and O–H groups in total. The molecule has 1 aliphatic rings. The monoisotopic (exact) mass is 514 g/mol. The van der Waals surface area contributed by atoms with Crippen molar-refractivity contribution in [2.45, 2.75) is 51.7 Å². The summed E-state index contributed by atoms with van der Waals surface area (Å²) in [5, 5.41) is 4.21. The Hall–Kier alpha value is -3.11. The van der Waals surface area contributed by atoms with Crippen molar-refractivity contribution in [3.05, 3.63) is 45.9 Å². The van der Waals surface area contributed by atoms with Crippen molar-refractivity contribution in [2.24, 2.45) is 11.8 Å². The van der Waals surface area contributed by atoms with Crippen LogP contribution in [0, 0.1) is 11.8 Å². The minimum Gasteiger partial charge on any atom is -0.381 e. The van der Waals surface area contributed by atoms with Crippen molar-refractivity contribution in [2.75, 3.05) is 13.7 Å². The van der Waals surface area contributed by atoms with Crippen LogP contribution in [-0.2, 0) is 17.0 Å². The Morgan fingerprint density at radius 3 is 2.69 bits per heavy atom. The highest BCUT2D eigenvalue weighted by Crippen LogP contribution is 2.38.